The van der Waals surface area contributed by atoms with Crippen molar-refractivity contribution >= 4 is 5.97 Å². The highest BCUT2D eigenvalue weighted by Crippen LogP contribution is 2.13. The molecule has 0 bridgehead atoms. The third-order valence-electron chi connectivity index (χ3n) is 2.69. The second-order valence-electron chi connectivity index (χ2n) is 4.05. The zero-order valence-corrected chi connectivity index (χ0v) is 10.9. The summed E-state index contributed by atoms with van der Waals surface area (Å²) < 4.78 is 33.5. The van der Waals surface area contributed by atoms with Gasteiger partial charge in [0.25, 0.3) is 5.56 Å². The van der Waals surface area contributed by atoms with E-state index in [0.717, 1.165) is 16.8 Å². The van der Waals surface area contributed by atoms with Crippen LogP contribution >= 0.6 is 0 Å². The Hall–Kier alpha value is -2.44. The zero-order valence-electron chi connectivity index (χ0n) is 10.9. The van der Waals surface area contributed by atoms with Crippen LogP contribution in [0.2, 0.25) is 0 Å². The second kappa shape index (κ2) is 5.28. The molecule has 5 nitrogen and oxygen atoms in total. The molecule has 2 rings (SSSR count). The van der Waals surface area contributed by atoms with E-state index in [1.807, 2.05) is 0 Å². The van der Waals surface area contributed by atoms with Crippen LogP contribution in [0.5, 0.6) is 0 Å². The van der Waals surface area contributed by atoms with Crippen molar-refractivity contribution < 1.29 is 18.3 Å². The number of carbonyl (C=O) groups is 1. The Morgan fingerprint density at radius 2 is 2.05 bits per heavy atom. The summed E-state index contributed by atoms with van der Waals surface area (Å²) in [6.45, 7) is 1.73. The first-order valence-electron chi connectivity index (χ1n) is 5.87. The first kappa shape index (κ1) is 14.0. The first-order chi connectivity index (χ1) is 9.45. The lowest BCUT2D eigenvalue weighted by Crippen LogP contribution is -2.24. The van der Waals surface area contributed by atoms with E-state index in [1.165, 1.54) is 17.9 Å². The fourth-order valence-corrected chi connectivity index (χ4v) is 1.84. The number of carbonyl (C=O) groups excluding carboxylic acids is 1. The molecule has 0 saturated heterocycles. The van der Waals surface area contributed by atoms with E-state index in [4.69, 9.17) is 4.74 Å². The molecule has 0 aliphatic heterocycles. The lowest BCUT2D eigenvalue weighted by atomic mass is 10.3. The van der Waals surface area contributed by atoms with E-state index >= 15 is 0 Å². The van der Waals surface area contributed by atoms with Crippen LogP contribution in [0.25, 0.3) is 5.69 Å². The summed E-state index contributed by atoms with van der Waals surface area (Å²) in [6, 6.07) is 2.82. The standard InChI is InChI=1S/C13H12F2N2O3/c1-3-20-13(19)9-7-16(2)17(12(9)18)11-5-4-8(14)6-10(11)15/h4-7H,3H2,1-2H3. The van der Waals surface area contributed by atoms with Gasteiger partial charge in [-0.3, -0.25) is 9.48 Å². The van der Waals surface area contributed by atoms with Gasteiger partial charge in [-0.2, -0.15) is 0 Å². The van der Waals surface area contributed by atoms with Crippen LogP contribution in [0.15, 0.2) is 29.2 Å². The number of nitrogens with zero attached hydrogens (tertiary/aromatic N) is 2. The van der Waals surface area contributed by atoms with Crippen molar-refractivity contribution in [3.05, 3.63) is 51.9 Å². The molecule has 1 heterocycles. The predicted molar refractivity (Wildman–Crippen MR) is 66.9 cm³/mol. The van der Waals surface area contributed by atoms with Crippen molar-refractivity contribution in [1.82, 2.24) is 9.36 Å². The fraction of sp³-hybridized carbons (Fsp3) is 0.231. The Labute approximate surface area is 113 Å². The normalized spacial score (nSPS) is 10.6. The Morgan fingerprint density at radius 1 is 1.35 bits per heavy atom. The van der Waals surface area contributed by atoms with E-state index in [9.17, 15) is 18.4 Å². The Kier molecular flexibility index (Phi) is 3.69. The van der Waals surface area contributed by atoms with E-state index in [1.54, 1.807) is 6.92 Å². The van der Waals surface area contributed by atoms with Crippen LogP contribution in [0.4, 0.5) is 8.78 Å². The summed E-state index contributed by atoms with van der Waals surface area (Å²) in [5, 5.41) is 0. The maximum Gasteiger partial charge on any atom is 0.345 e. The molecule has 0 radical (unpaired) electrons. The number of hydrogen-bond donors (Lipinski definition) is 0. The lowest BCUT2D eigenvalue weighted by Gasteiger charge is -2.07. The van der Waals surface area contributed by atoms with Crippen LogP contribution in [0, 0.1) is 11.6 Å². The maximum absolute atomic E-state index is 13.7. The van der Waals surface area contributed by atoms with E-state index < -0.39 is 23.2 Å². The van der Waals surface area contributed by atoms with Crippen LogP contribution in [-0.4, -0.2) is 21.9 Å². The molecule has 0 atom stereocenters. The predicted octanol–water partition coefficient (Wildman–Crippen LogP) is 1.63. The highest BCUT2D eigenvalue weighted by molar-refractivity contribution is 5.88. The average Bonchev–Trinajstić information content (AvgIpc) is 2.66. The molecule has 0 N–H and O–H groups in total. The van der Waals surface area contributed by atoms with E-state index in [2.05, 4.69) is 0 Å². The number of hydrogen-bond acceptors (Lipinski definition) is 3. The van der Waals surface area contributed by atoms with Gasteiger partial charge in [0.1, 0.15) is 17.1 Å². The highest BCUT2D eigenvalue weighted by Gasteiger charge is 2.20. The Balaban J connectivity index is 2.59. The summed E-state index contributed by atoms with van der Waals surface area (Å²) in [7, 11) is 1.47. The SMILES string of the molecule is CCOC(=O)c1cn(C)n(-c2ccc(F)cc2F)c1=O. The van der Waals surface area contributed by atoms with Crippen molar-refractivity contribution in [2.75, 3.05) is 6.61 Å². The number of halogens is 2. The smallest absolute Gasteiger partial charge is 0.345 e. The van der Waals surface area contributed by atoms with Gasteiger partial charge in [0.2, 0.25) is 0 Å². The molecule has 2 aromatic rings. The van der Waals surface area contributed by atoms with Gasteiger partial charge in [0, 0.05) is 19.3 Å². The summed E-state index contributed by atoms with van der Waals surface area (Å²) >= 11 is 0. The summed E-state index contributed by atoms with van der Waals surface area (Å²) in [5.74, 6) is -2.43. The van der Waals surface area contributed by atoms with Crippen molar-refractivity contribution in [2.24, 2.45) is 7.05 Å². The molecule has 0 saturated carbocycles. The first-order valence-corrected chi connectivity index (χ1v) is 5.87. The molecule has 0 aliphatic carbocycles. The van der Waals surface area contributed by atoms with Gasteiger partial charge in [0.15, 0.2) is 5.82 Å². The maximum atomic E-state index is 13.7. The molecular weight excluding hydrogens is 270 g/mol. The van der Waals surface area contributed by atoms with E-state index in [-0.39, 0.29) is 17.9 Å². The molecule has 1 aromatic heterocycles. The van der Waals surface area contributed by atoms with Crippen LogP contribution in [0.3, 0.4) is 0 Å². The minimum Gasteiger partial charge on any atom is -0.462 e. The van der Waals surface area contributed by atoms with Crippen molar-refractivity contribution in [3.63, 3.8) is 0 Å². The van der Waals surface area contributed by atoms with Gasteiger partial charge < -0.3 is 4.74 Å². The summed E-state index contributed by atoms with van der Waals surface area (Å²) in [5.41, 5.74) is -1.08. The number of aromatic nitrogens is 2. The highest BCUT2D eigenvalue weighted by atomic mass is 19.1. The number of ether oxygens (including phenoxy) is 1. The molecule has 0 fully saturated rings. The second-order valence-corrected chi connectivity index (χ2v) is 4.05. The third-order valence-corrected chi connectivity index (χ3v) is 2.69. The van der Waals surface area contributed by atoms with Crippen LogP contribution in [0.1, 0.15) is 17.3 Å². The minimum atomic E-state index is -0.899. The number of rotatable bonds is 3. The van der Waals surface area contributed by atoms with Gasteiger partial charge in [-0.1, -0.05) is 0 Å². The molecular formula is C13H12F2N2O3. The minimum absolute atomic E-state index is 0.123. The third kappa shape index (κ3) is 2.34. The summed E-state index contributed by atoms with van der Waals surface area (Å²) in [6.07, 6.45) is 1.24. The van der Waals surface area contributed by atoms with Gasteiger partial charge in [-0.25, -0.2) is 18.3 Å². The van der Waals surface area contributed by atoms with Gasteiger partial charge >= 0.3 is 5.97 Å². The Morgan fingerprint density at radius 3 is 2.65 bits per heavy atom. The molecule has 0 aliphatic rings. The Bertz CT molecular complexity index is 719. The average molecular weight is 282 g/mol. The summed E-state index contributed by atoms with van der Waals surface area (Å²) in [4.78, 5) is 23.7. The molecule has 20 heavy (non-hydrogen) atoms. The van der Waals surface area contributed by atoms with Crippen molar-refractivity contribution in [2.45, 2.75) is 6.92 Å². The largest absolute Gasteiger partial charge is 0.462 e. The fourth-order valence-electron chi connectivity index (χ4n) is 1.84. The number of esters is 1. The van der Waals surface area contributed by atoms with Crippen molar-refractivity contribution in [1.29, 1.82) is 0 Å². The molecule has 1 aromatic carbocycles. The van der Waals surface area contributed by atoms with Gasteiger partial charge in [0.05, 0.1) is 6.61 Å². The van der Waals surface area contributed by atoms with Gasteiger partial charge in [-0.05, 0) is 19.1 Å². The van der Waals surface area contributed by atoms with Crippen LogP contribution in [-0.2, 0) is 11.8 Å². The monoisotopic (exact) mass is 282 g/mol. The van der Waals surface area contributed by atoms with Crippen LogP contribution < -0.4 is 5.56 Å². The molecule has 0 amide bonds. The molecule has 7 heteroatoms. The number of benzene rings is 1. The number of aryl methyl sites for hydroxylation is 1. The quantitative estimate of drug-likeness (QED) is 0.804. The zero-order chi connectivity index (χ0) is 14.9. The van der Waals surface area contributed by atoms with Gasteiger partial charge in [-0.15, -0.1) is 0 Å². The molecule has 0 spiro atoms. The van der Waals surface area contributed by atoms with Crippen molar-refractivity contribution in [3.8, 4) is 5.69 Å². The molecule has 0 unspecified atom stereocenters. The molecule has 106 valence electrons. The lowest BCUT2D eigenvalue weighted by molar-refractivity contribution is 0.0524. The topological polar surface area (TPSA) is 53.2 Å². The van der Waals surface area contributed by atoms with E-state index in [0.29, 0.717) is 6.07 Å².